The normalized spacial score (nSPS) is 16.7. The molecule has 0 saturated carbocycles. The first-order valence-electron chi connectivity index (χ1n) is 13.9. The number of benzene rings is 2. The van der Waals surface area contributed by atoms with Gasteiger partial charge in [0.1, 0.15) is 23.0 Å². The minimum absolute atomic E-state index is 0.0208. The average molecular weight is 704 g/mol. The van der Waals surface area contributed by atoms with Gasteiger partial charge in [-0.1, -0.05) is 70.9 Å². The third kappa shape index (κ3) is 7.81. The Balaban J connectivity index is 1.76. The lowest BCUT2D eigenvalue weighted by molar-refractivity contribution is 0.0169. The second-order valence-corrected chi connectivity index (χ2v) is 20.9. The van der Waals surface area contributed by atoms with Gasteiger partial charge < -0.3 is 18.9 Å². The molecular weight excluding hydrogens is 665 g/mol. The number of imidazole rings is 1. The summed E-state index contributed by atoms with van der Waals surface area (Å²) in [6, 6.07) is 12.7. The van der Waals surface area contributed by atoms with Crippen molar-refractivity contribution in [1.29, 1.82) is 0 Å². The van der Waals surface area contributed by atoms with Crippen LogP contribution < -0.4 is 0 Å². The molecule has 1 aliphatic rings. The number of nitrogens with zero attached hydrogens (tertiary/aromatic N) is 3. The Kier molecular flexibility index (Phi) is 10.1. The SMILES string of the molecule is CC(C)(C)OC(=O)N1CCC(C(Cl)(c2ccc(Br)cc2)c2nc3cc(Cl)c(Cl)cc3n2COCC[Si](C)(C)C)CC1. The molecular formula is C30H39BrCl3N3O3Si. The maximum absolute atomic E-state index is 12.8. The Bertz CT molecular complexity index is 1380. The summed E-state index contributed by atoms with van der Waals surface area (Å²) in [5.41, 5.74) is 1.89. The topological polar surface area (TPSA) is 56.6 Å². The van der Waals surface area contributed by atoms with E-state index in [4.69, 9.17) is 49.3 Å². The first-order valence-corrected chi connectivity index (χ1v) is 19.6. The number of alkyl halides is 1. The highest BCUT2D eigenvalue weighted by Crippen LogP contribution is 2.48. The third-order valence-electron chi connectivity index (χ3n) is 7.31. The highest BCUT2D eigenvalue weighted by Gasteiger charge is 2.46. The number of hydrogen-bond acceptors (Lipinski definition) is 4. The van der Waals surface area contributed by atoms with Gasteiger partial charge in [-0.3, -0.25) is 0 Å². The lowest BCUT2D eigenvalue weighted by atomic mass is 9.78. The molecule has 0 N–H and O–H groups in total. The van der Waals surface area contributed by atoms with Gasteiger partial charge in [0.25, 0.3) is 0 Å². The van der Waals surface area contributed by atoms with Crippen molar-refractivity contribution in [2.75, 3.05) is 19.7 Å². The molecule has 1 aliphatic heterocycles. The van der Waals surface area contributed by atoms with Crippen molar-refractivity contribution in [2.45, 2.75) is 76.5 Å². The zero-order valence-electron chi connectivity index (χ0n) is 24.6. The van der Waals surface area contributed by atoms with Crippen LogP contribution in [0.4, 0.5) is 4.79 Å². The van der Waals surface area contributed by atoms with Crippen LogP contribution in [0.15, 0.2) is 40.9 Å². The van der Waals surface area contributed by atoms with Gasteiger partial charge in [-0.2, -0.15) is 0 Å². The first kappa shape index (κ1) is 32.6. The van der Waals surface area contributed by atoms with E-state index < -0.39 is 18.5 Å². The Morgan fingerprint density at radius 3 is 2.27 bits per heavy atom. The molecule has 0 spiro atoms. The van der Waals surface area contributed by atoms with Gasteiger partial charge in [0, 0.05) is 32.2 Å². The van der Waals surface area contributed by atoms with E-state index >= 15 is 0 Å². The van der Waals surface area contributed by atoms with E-state index in [-0.39, 0.29) is 18.7 Å². The van der Waals surface area contributed by atoms with Gasteiger partial charge >= 0.3 is 6.09 Å². The van der Waals surface area contributed by atoms with Crippen LogP contribution >= 0.6 is 50.7 Å². The lowest BCUT2D eigenvalue weighted by Crippen LogP contribution is -2.46. The van der Waals surface area contributed by atoms with E-state index in [1.807, 2.05) is 55.7 Å². The smallest absolute Gasteiger partial charge is 0.410 e. The van der Waals surface area contributed by atoms with Gasteiger partial charge in [-0.25, -0.2) is 9.78 Å². The van der Waals surface area contributed by atoms with Gasteiger partial charge in [0.2, 0.25) is 0 Å². The summed E-state index contributed by atoms with van der Waals surface area (Å²) in [7, 11) is -1.28. The molecule has 1 amide bonds. The molecule has 41 heavy (non-hydrogen) atoms. The van der Waals surface area contributed by atoms with Crippen LogP contribution in [0.25, 0.3) is 11.0 Å². The number of hydrogen-bond donors (Lipinski definition) is 0. The summed E-state index contributed by atoms with van der Waals surface area (Å²) in [4.78, 5) is 18.7. The van der Waals surface area contributed by atoms with Crippen LogP contribution in [-0.2, 0) is 21.1 Å². The van der Waals surface area contributed by atoms with E-state index in [0.717, 1.165) is 21.6 Å². The van der Waals surface area contributed by atoms with Crippen molar-refractivity contribution < 1.29 is 14.3 Å². The second kappa shape index (κ2) is 12.7. The largest absolute Gasteiger partial charge is 0.444 e. The summed E-state index contributed by atoms with van der Waals surface area (Å²) in [6.45, 7) is 14.6. The molecule has 0 radical (unpaired) electrons. The number of fused-ring (bicyclic) bond motifs is 1. The fourth-order valence-corrected chi connectivity index (χ4v) is 6.91. The van der Waals surface area contributed by atoms with Gasteiger partial charge in [-0.05, 0) is 75.4 Å². The Labute approximate surface area is 267 Å². The molecule has 2 heterocycles. The zero-order chi connectivity index (χ0) is 30.2. The van der Waals surface area contributed by atoms with Crippen molar-refractivity contribution in [3.05, 3.63) is 62.3 Å². The molecule has 1 aromatic heterocycles. The highest BCUT2D eigenvalue weighted by molar-refractivity contribution is 9.10. The fourth-order valence-electron chi connectivity index (χ4n) is 5.09. The van der Waals surface area contributed by atoms with Crippen molar-refractivity contribution in [3.8, 4) is 0 Å². The maximum Gasteiger partial charge on any atom is 0.410 e. The molecule has 1 unspecified atom stereocenters. The van der Waals surface area contributed by atoms with E-state index in [1.54, 1.807) is 11.0 Å². The molecule has 1 atom stereocenters. The molecule has 4 rings (SSSR count). The Morgan fingerprint density at radius 2 is 1.68 bits per heavy atom. The quantitative estimate of drug-likeness (QED) is 0.133. The summed E-state index contributed by atoms with van der Waals surface area (Å²) < 4.78 is 14.9. The van der Waals surface area contributed by atoms with Gasteiger partial charge in [0.05, 0.1) is 21.1 Å². The minimum atomic E-state index is -1.28. The zero-order valence-corrected chi connectivity index (χ0v) is 29.4. The van der Waals surface area contributed by atoms with Crippen molar-refractivity contribution in [3.63, 3.8) is 0 Å². The molecule has 1 saturated heterocycles. The number of likely N-dealkylation sites (tertiary alicyclic amines) is 1. The Hall–Kier alpha value is -1.29. The number of aromatic nitrogens is 2. The monoisotopic (exact) mass is 701 g/mol. The summed E-state index contributed by atoms with van der Waals surface area (Å²) in [5.74, 6) is 0.658. The lowest BCUT2D eigenvalue weighted by Gasteiger charge is -2.41. The Morgan fingerprint density at radius 1 is 1.07 bits per heavy atom. The molecule has 0 aliphatic carbocycles. The number of ether oxygens (including phenoxy) is 2. The molecule has 224 valence electrons. The first-order chi connectivity index (χ1) is 19.1. The fraction of sp³-hybridized carbons (Fsp3) is 0.533. The summed E-state index contributed by atoms with van der Waals surface area (Å²) in [6.07, 6.45) is 1.06. The average Bonchev–Trinajstić information content (AvgIpc) is 3.22. The number of rotatable bonds is 8. The van der Waals surface area contributed by atoms with Crippen LogP contribution in [0.3, 0.4) is 0 Å². The number of piperidine rings is 1. The summed E-state index contributed by atoms with van der Waals surface area (Å²) in [5, 5.41) is 0.882. The number of amides is 1. The van der Waals surface area contributed by atoms with E-state index in [9.17, 15) is 4.79 Å². The van der Waals surface area contributed by atoms with Gasteiger partial charge in [0.15, 0.2) is 0 Å². The number of carbonyl (C=O) groups excluding carboxylic acids is 1. The number of carbonyl (C=O) groups is 1. The van der Waals surface area contributed by atoms with Crippen molar-refractivity contribution in [1.82, 2.24) is 14.5 Å². The molecule has 1 fully saturated rings. The van der Waals surface area contributed by atoms with Crippen LogP contribution in [0.1, 0.15) is 45.0 Å². The number of halogens is 4. The van der Waals surface area contributed by atoms with E-state index in [0.29, 0.717) is 53.9 Å². The van der Waals surface area contributed by atoms with E-state index in [1.165, 1.54) is 0 Å². The van der Waals surface area contributed by atoms with Crippen LogP contribution in [-0.4, -0.2) is 53.9 Å². The van der Waals surface area contributed by atoms with Crippen molar-refractivity contribution in [2.24, 2.45) is 5.92 Å². The van der Waals surface area contributed by atoms with Crippen LogP contribution in [0.2, 0.25) is 35.7 Å². The van der Waals surface area contributed by atoms with Gasteiger partial charge in [-0.15, -0.1) is 11.6 Å². The summed E-state index contributed by atoms with van der Waals surface area (Å²) >= 11 is 24.3. The van der Waals surface area contributed by atoms with Crippen LogP contribution in [0, 0.1) is 5.92 Å². The maximum atomic E-state index is 12.8. The molecule has 0 bridgehead atoms. The van der Waals surface area contributed by atoms with Crippen LogP contribution in [0.5, 0.6) is 0 Å². The molecule has 3 aromatic rings. The molecule has 11 heteroatoms. The molecule has 6 nitrogen and oxygen atoms in total. The van der Waals surface area contributed by atoms with Crippen molar-refractivity contribution >= 4 is 75.9 Å². The highest BCUT2D eigenvalue weighted by atomic mass is 79.9. The predicted octanol–water partition coefficient (Wildman–Crippen LogP) is 9.55. The second-order valence-electron chi connectivity index (χ2n) is 12.9. The van der Waals surface area contributed by atoms with E-state index in [2.05, 4.69) is 35.6 Å². The standard InChI is InChI=1S/C30H39BrCl3N3O3Si/c1-29(2,3)40-28(38)36-13-11-21(12-14-36)30(34,20-7-9-22(31)10-8-20)27-35-25-17-23(32)24(33)18-26(25)37(27)19-39-15-16-41(4,5)6/h7-10,17-18,21H,11-16,19H2,1-6H3. The molecule has 2 aromatic carbocycles. The third-order valence-corrected chi connectivity index (χ3v) is 11.0. The minimum Gasteiger partial charge on any atom is -0.444 e. The predicted molar refractivity (Wildman–Crippen MR) is 175 cm³/mol.